The smallest absolute Gasteiger partial charge is 0.0695 e. The Morgan fingerprint density at radius 1 is 1.05 bits per heavy atom. The fourth-order valence-electron chi connectivity index (χ4n) is 3.25. The highest BCUT2D eigenvalue weighted by Crippen LogP contribution is 2.40. The molecule has 2 heteroatoms. The highest BCUT2D eigenvalue weighted by molar-refractivity contribution is 4.92. The van der Waals surface area contributed by atoms with Crippen molar-refractivity contribution in [2.45, 2.75) is 85.9 Å². The van der Waals surface area contributed by atoms with E-state index < -0.39 is 0 Å². The number of likely N-dealkylation sites (N-methyl/N-ethyl adjacent to an activating group) is 1. The fraction of sp³-hybridized carbons (Fsp3) is 1.00. The minimum Gasteiger partial charge on any atom is -0.391 e. The summed E-state index contributed by atoms with van der Waals surface area (Å²) in [6.45, 7) is 16.1. The summed E-state index contributed by atoms with van der Waals surface area (Å²) >= 11 is 0. The van der Waals surface area contributed by atoms with Crippen molar-refractivity contribution in [2.24, 2.45) is 16.7 Å². The van der Waals surface area contributed by atoms with Gasteiger partial charge in [-0.05, 0) is 50.0 Å². The monoisotopic (exact) mass is 269 g/mol. The number of nitrogens with zero attached hydrogens (tertiary/aromatic N) is 1. The van der Waals surface area contributed by atoms with Crippen molar-refractivity contribution < 1.29 is 5.11 Å². The summed E-state index contributed by atoms with van der Waals surface area (Å²) in [7, 11) is 2.19. The van der Waals surface area contributed by atoms with E-state index in [0.717, 1.165) is 18.8 Å². The molecule has 1 aliphatic rings. The molecule has 1 rings (SSSR count). The van der Waals surface area contributed by atoms with Gasteiger partial charge in [-0.15, -0.1) is 0 Å². The molecular formula is C17H35NO. The first-order valence-electron chi connectivity index (χ1n) is 7.84. The van der Waals surface area contributed by atoms with Crippen molar-refractivity contribution in [3.05, 3.63) is 0 Å². The zero-order chi connectivity index (χ0) is 15.0. The lowest BCUT2D eigenvalue weighted by Gasteiger charge is -2.47. The average Bonchev–Trinajstić information content (AvgIpc) is 2.25. The highest BCUT2D eigenvalue weighted by Gasteiger charge is 2.39. The van der Waals surface area contributed by atoms with Gasteiger partial charge in [-0.2, -0.15) is 0 Å². The molecule has 114 valence electrons. The van der Waals surface area contributed by atoms with Gasteiger partial charge in [-0.1, -0.05) is 41.5 Å². The summed E-state index contributed by atoms with van der Waals surface area (Å²) in [6, 6.07) is 0.790. The van der Waals surface area contributed by atoms with Crippen molar-refractivity contribution in [3.8, 4) is 0 Å². The Balaban J connectivity index is 2.79. The molecule has 0 bridgehead atoms. The maximum atomic E-state index is 10.4. The minimum absolute atomic E-state index is 0.159. The molecule has 1 fully saturated rings. The van der Waals surface area contributed by atoms with E-state index in [2.05, 4.69) is 60.4 Å². The normalized spacial score (nSPS) is 31.6. The Labute approximate surface area is 120 Å². The van der Waals surface area contributed by atoms with Gasteiger partial charge < -0.3 is 5.11 Å². The van der Waals surface area contributed by atoms with Crippen LogP contribution in [0, 0.1) is 16.7 Å². The molecule has 0 aliphatic heterocycles. The third kappa shape index (κ3) is 4.19. The van der Waals surface area contributed by atoms with E-state index in [4.69, 9.17) is 0 Å². The molecule has 1 saturated carbocycles. The van der Waals surface area contributed by atoms with Crippen LogP contribution in [0.1, 0.15) is 67.7 Å². The lowest BCUT2D eigenvalue weighted by molar-refractivity contribution is -0.0364. The van der Waals surface area contributed by atoms with Crippen molar-refractivity contribution in [2.75, 3.05) is 7.05 Å². The summed E-state index contributed by atoms with van der Waals surface area (Å²) in [5.41, 5.74) is 0.605. The maximum absolute atomic E-state index is 10.4. The quantitative estimate of drug-likeness (QED) is 0.821. The molecule has 0 radical (unpaired) electrons. The molecule has 1 N–H and O–H groups in total. The second-order valence-corrected chi connectivity index (χ2v) is 8.72. The highest BCUT2D eigenvalue weighted by atomic mass is 16.3. The van der Waals surface area contributed by atoms with E-state index in [9.17, 15) is 5.11 Å². The molecule has 0 aromatic heterocycles. The summed E-state index contributed by atoms with van der Waals surface area (Å²) in [5, 5.41) is 10.4. The summed E-state index contributed by atoms with van der Waals surface area (Å²) in [6.07, 6.45) is 3.09. The van der Waals surface area contributed by atoms with E-state index >= 15 is 0 Å². The first kappa shape index (κ1) is 17.0. The third-order valence-electron chi connectivity index (χ3n) is 5.39. The van der Waals surface area contributed by atoms with Crippen LogP contribution in [-0.2, 0) is 0 Å². The molecule has 0 amide bonds. The number of aliphatic hydroxyl groups excluding tert-OH is 1. The number of aliphatic hydroxyl groups is 1. The molecule has 0 heterocycles. The Morgan fingerprint density at radius 3 is 2.00 bits per heavy atom. The minimum atomic E-state index is -0.159. The largest absolute Gasteiger partial charge is 0.391 e. The standard InChI is InChI=1S/C17H35NO/c1-12(16(2,3)4)18(8)14-11-13(17(5,6)7)9-10-15(14)19/h12-15,19H,9-11H2,1-8H3. The van der Waals surface area contributed by atoms with Gasteiger partial charge in [0.25, 0.3) is 0 Å². The lowest BCUT2D eigenvalue weighted by Crippen LogP contribution is -2.53. The predicted octanol–water partition coefficient (Wildman–Crippen LogP) is 3.93. The SMILES string of the molecule is CC(N(C)C1CC(C(C)(C)C)CCC1O)C(C)(C)C. The van der Waals surface area contributed by atoms with E-state index in [-0.39, 0.29) is 11.5 Å². The zero-order valence-electron chi connectivity index (χ0n) is 14.3. The predicted molar refractivity (Wildman–Crippen MR) is 83.3 cm³/mol. The number of rotatable bonds is 2. The van der Waals surface area contributed by atoms with Gasteiger partial charge >= 0.3 is 0 Å². The van der Waals surface area contributed by atoms with E-state index in [1.165, 1.54) is 6.42 Å². The first-order chi connectivity index (χ1) is 8.44. The average molecular weight is 269 g/mol. The Morgan fingerprint density at radius 2 is 1.58 bits per heavy atom. The van der Waals surface area contributed by atoms with Crippen LogP contribution >= 0.6 is 0 Å². The van der Waals surface area contributed by atoms with Gasteiger partial charge in [0.05, 0.1) is 6.10 Å². The van der Waals surface area contributed by atoms with Crippen LogP contribution in [0.4, 0.5) is 0 Å². The Bertz CT molecular complexity index is 275. The van der Waals surface area contributed by atoms with Crippen molar-refractivity contribution in [1.82, 2.24) is 4.90 Å². The van der Waals surface area contributed by atoms with E-state index in [1.807, 2.05) is 0 Å². The Hall–Kier alpha value is -0.0800. The number of hydrogen-bond donors (Lipinski definition) is 1. The zero-order valence-corrected chi connectivity index (χ0v) is 14.3. The van der Waals surface area contributed by atoms with Crippen molar-refractivity contribution >= 4 is 0 Å². The molecule has 19 heavy (non-hydrogen) atoms. The third-order valence-corrected chi connectivity index (χ3v) is 5.39. The fourth-order valence-corrected chi connectivity index (χ4v) is 3.25. The maximum Gasteiger partial charge on any atom is 0.0695 e. The van der Waals surface area contributed by atoms with E-state index in [1.54, 1.807) is 0 Å². The molecule has 0 aromatic rings. The van der Waals surface area contributed by atoms with Gasteiger partial charge in [0.15, 0.2) is 0 Å². The van der Waals surface area contributed by atoms with Gasteiger partial charge in [-0.3, -0.25) is 4.90 Å². The molecule has 0 saturated heterocycles. The second-order valence-electron chi connectivity index (χ2n) is 8.72. The topological polar surface area (TPSA) is 23.5 Å². The molecule has 4 unspecified atom stereocenters. The van der Waals surface area contributed by atoms with Gasteiger partial charge in [0.2, 0.25) is 0 Å². The molecule has 0 aromatic carbocycles. The number of hydrogen-bond acceptors (Lipinski definition) is 2. The van der Waals surface area contributed by atoms with Crippen LogP contribution in [0.3, 0.4) is 0 Å². The first-order valence-corrected chi connectivity index (χ1v) is 7.84. The second kappa shape index (κ2) is 5.73. The molecular weight excluding hydrogens is 234 g/mol. The van der Waals surface area contributed by atoms with Crippen molar-refractivity contribution in [3.63, 3.8) is 0 Å². The summed E-state index contributed by atoms with van der Waals surface area (Å²) in [5.74, 6) is 0.718. The van der Waals surface area contributed by atoms with Crippen LogP contribution in [0.2, 0.25) is 0 Å². The van der Waals surface area contributed by atoms with E-state index in [0.29, 0.717) is 17.5 Å². The summed E-state index contributed by atoms with van der Waals surface area (Å²) < 4.78 is 0. The molecule has 2 nitrogen and oxygen atoms in total. The van der Waals surface area contributed by atoms with Crippen LogP contribution in [0.5, 0.6) is 0 Å². The molecule has 1 aliphatic carbocycles. The van der Waals surface area contributed by atoms with Gasteiger partial charge in [0, 0.05) is 12.1 Å². The molecule has 0 spiro atoms. The summed E-state index contributed by atoms with van der Waals surface area (Å²) in [4.78, 5) is 2.42. The van der Waals surface area contributed by atoms with Crippen molar-refractivity contribution in [1.29, 1.82) is 0 Å². The van der Waals surface area contributed by atoms with Crippen LogP contribution in [-0.4, -0.2) is 35.2 Å². The Kier molecular flexibility index (Phi) is 5.12. The van der Waals surface area contributed by atoms with Crippen LogP contribution < -0.4 is 0 Å². The lowest BCUT2D eigenvalue weighted by atomic mass is 9.69. The van der Waals surface area contributed by atoms with Gasteiger partial charge in [-0.25, -0.2) is 0 Å². The van der Waals surface area contributed by atoms with Crippen LogP contribution in [0.15, 0.2) is 0 Å². The van der Waals surface area contributed by atoms with Crippen LogP contribution in [0.25, 0.3) is 0 Å². The molecule has 4 atom stereocenters. The van der Waals surface area contributed by atoms with Gasteiger partial charge in [0.1, 0.15) is 0 Å².